The highest BCUT2D eigenvalue weighted by molar-refractivity contribution is 6.43. The van der Waals surface area contributed by atoms with Gasteiger partial charge in [-0.2, -0.15) is 10.1 Å². The predicted octanol–water partition coefficient (Wildman–Crippen LogP) is 4.84. The summed E-state index contributed by atoms with van der Waals surface area (Å²) in [5, 5.41) is 15.0. The van der Waals surface area contributed by atoms with Gasteiger partial charge in [0.05, 0.1) is 21.9 Å². The third kappa shape index (κ3) is 4.13. The number of nitrogens with zero attached hydrogens (tertiary/aromatic N) is 3. The van der Waals surface area contributed by atoms with Gasteiger partial charge in [0.2, 0.25) is 5.95 Å². The second-order valence-electron chi connectivity index (χ2n) is 5.23. The van der Waals surface area contributed by atoms with Crippen molar-refractivity contribution in [2.45, 2.75) is 13.5 Å². The first-order chi connectivity index (χ1) is 11.6. The van der Waals surface area contributed by atoms with Gasteiger partial charge in [-0.15, -0.1) is 5.10 Å². The number of anilines is 3. The van der Waals surface area contributed by atoms with Crippen molar-refractivity contribution in [1.29, 1.82) is 0 Å². The number of nitrogens with one attached hydrogen (secondary N) is 2. The molecule has 7 heteroatoms. The fourth-order valence-corrected chi connectivity index (χ4v) is 2.41. The zero-order chi connectivity index (χ0) is 16.9. The molecular weight excluding hydrogens is 345 g/mol. The summed E-state index contributed by atoms with van der Waals surface area (Å²) in [5.41, 5.74) is 3.01. The van der Waals surface area contributed by atoms with Gasteiger partial charge in [-0.25, -0.2) is 0 Å². The molecule has 0 aliphatic heterocycles. The molecule has 24 heavy (non-hydrogen) atoms. The Balaban J connectivity index is 1.69. The first kappa shape index (κ1) is 16.5. The van der Waals surface area contributed by atoms with Crippen LogP contribution in [0.25, 0.3) is 0 Å². The normalized spacial score (nSPS) is 10.5. The maximum absolute atomic E-state index is 6.15. The first-order valence-corrected chi connectivity index (χ1v) is 8.07. The summed E-state index contributed by atoms with van der Waals surface area (Å²) in [6.45, 7) is 2.71. The molecule has 0 atom stereocenters. The average Bonchev–Trinajstić information content (AvgIpc) is 2.59. The number of aromatic nitrogens is 3. The second-order valence-corrected chi connectivity index (χ2v) is 6.02. The topological polar surface area (TPSA) is 62.7 Å². The summed E-state index contributed by atoms with van der Waals surface area (Å²) in [7, 11) is 0. The summed E-state index contributed by atoms with van der Waals surface area (Å²) in [5.74, 6) is 0.958. The van der Waals surface area contributed by atoms with E-state index >= 15 is 0 Å². The molecule has 1 aromatic heterocycles. The van der Waals surface area contributed by atoms with E-state index in [1.54, 1.807) is 24.4 Å². The van der Waals surface area contributed by atoms with Crippen LogP contribution in [0.4, 0.5) is 17.5 Å². The van der Waals surface area contributed by atoms with Gasteiger partial charge in [-0.3, -0.25) is 0 Å². The number of hydrogen-bond donors (Lipinski definition) is 2. The molecule has 2 aromatic carbocycles. The molecular formula is C17H15Cl2N5. The molecule has 0 fully saturated rings. The van der Waals surface area contributed by atoms with Crippen LogP contribution in [-0.4, -0.2) is 15.2 Å². The molecule has 0 amide bonds. The molecule has 3 aromatic rings. The van der Waals surface area contributed by atoms with Crippen LogP contribution in [0, 0.1) is 6.92 Å². The number of hydrogen-bond acceptors (Lipinski definition) is 5. The van der Waals surface area contributed by atoms with Gasteiger partial charge in [0.1, 0.15) is 0 Å². The maximum atomic E-state index is 6.15. The van der Waals surface area contributed by atoms with Gasteiger partial charge in [-0.1, -0.05) is 59.1 Å². The summed E-state index contributed by atoms with van der Waals surface area (Å²) in [6.07, 6.45) is 1.57. The lowest BCUT2D eigenvalue weighted by Gasteiger charge is -2.09. The lowest BCUT2D eigenvalue weighted by molar-refractivity contribution is 0.966. The average molecular weight is 360 g/mol. The highest BCUT2D eigenvalue weighted by Crippen LogP contribution is 2.30. The molecule has 0 aliphatic rings. The largest absolute Gasteiger partial charge is 0.365 e. The van der Waals surface area contributed by atoms with Crippen LogP contribution >= 0.6 is 23.2 Å². The van der Waals surface area contributed by atoms with Crippen LogP contribution in [-0.2, 0) is 6.54 Å². The fourth-order valence-electron chi connectivity index (χ4n) is 2.06. The van der Waals surface area contributed by atoms with Crippen LogP contribution in [0.2, 0.25) is 10.0 Å². The smallest absolute Gasteiger partial charge is 0.249 e. The molecule has 3 rings (SSSR count). The predicted molar refractivity (Wildman–Crippen MR) is 98.1 cm³/mol. The van der Waals surface area contributed by atoms with Crippen molar-refractivity contribution in [1.82, 2.24) is 15.2 Å². The third-order valence-corrected chi connectivity index (χ3v) is 4.17. The Morgan fingerprint density at radius 1 is 1.04 bits per heavy atom. The van der Waals surface area contributed by atoms with E-state index in [1.165, 1.54) is 5.56 Å². The molecule has 0 bridgehead atoms. The van der Waals surface area contributed by atoms with Crippen LogP contribution in [0.5, 0.6) is 0 Å². The van der Waals surface area contributed by atoms with E-state index in [9.17, 15) is 0 Å². The number of halogens is 2. The minimum Gasteiger partial charge on any atom is -0.365 e. The van der Waals surface area contributed by atoms with Crippen LogP contribution in [0.1, 0.15) is 11.1 Å². The Kier molecular flexibility index (Phi) is 5.13. The van der Waals surface area contributed by atoms with Crippen molar-refractivity contribution in [3.63, 3.8) is 0 Å². The van der Waals surface area contributed by atoms with Gasteiger partial charge >= 0.3 is 0 Å². The highest BCUT2D eigenvalue weighted by Gasteiger charge is 2.07. The molecule has 0 spiro atoms. The molecule has 0 saturated heterocycles. The van der Waals surface area contributed by atoms with E-state index in [4.69, 9.17) is 23.2 Å². The number of rotatable bonds is 5. The molecule has 0 aliphatic carbocycles. The Hall–Kier alpha value is -2.37. The highest BCUT2D eigenvalue weighted by atomic mass is 35.5. The number of aryl methyl sites for hydroxylation is 1. The zero-order valence-corrected chi connectivity index (χ0v) is 14.4. The second kappa shape index (κ2) is 7.47. The van der Waals surface area contributed by atoms with Crippen LogP contribution in [0.15, 0.2) is 48.7 Å². The lowest BCUT2D eigenvalue weighted by Crippen LogP contribution is -2.05. The van der Waals surface area contributed by atoms with Crippen molar-refractivity contribution in [2.24, 2.45) is 0 Å². The van der Waals surface area contributed by atoms with E-state index in [1.807, 2.05) is 0 Å². The summed E-state index contributed by atoms with van der Waals surface area (Å²) in [6, 6.07) is 13.6. The van der Waals surface area contributed by atoms with Crippen LogP contribution < -0.4 is 10.6 Å². The van der Waals surface area contributed by atoms with Gasteiger partial charge in [0, 0.05) is 6.54 Å². The molecule has 2 N–H and O–H groups in total. The monoisotopic (exact) mass is 359 g/mol. The molecule has 0 saturated carbocycles. The van der Waals surface area contributed by atoms with Gasteiger partial charge in [0.25, 0.3) is 0 Å². The van der Waals surface area contributed by atoms with Gasteiger partial charge in [-0.05, 0) is 24.6 Å². The van der Waals surface area contributed by atoms with Crippen molar-refractivity contribution in [2.75, 3.05) is 10.6 Å². The minimum atomic E-state index is 0.341. The standard InChI is InChI=1S/C17H15Cl2N5/c1-11-5-7-12(8-6-11)9-20-15-10-21-24-17(23-15)22-14-4-2-3-13(18)16(14)19/h2-8,10H,9H2,1H3,(H2,20,22,23,24). The number of benzene rings is 2. The van der Waals surface area contributed by atoms with E-state index in [2.05, 4.69) is 57.0 Å². The van der Waals surface area contributed by atoms with Crippen molar-refractivity contribution < 1.29 is 0 Å². The Bertz CT molecular complexity index is 837. The van der Waals surface area contributed by atoms with Crippen molar-refractivity contribution >= 4 is 40.7 Å². The van der Waals surface area contributed by atoms with Gasteiger partial charge < -0.3 is 10.6 Å². The molecule has 1 heterocycles. The third-order valence-electron chi connectivity index (χ3n) is 3.35. The Morgan fingerprint density at radius 3 is 2.62 bits per heavy atom. The minimum absolute atomic E-state index is 0.341. The fraction of sp³-hybridized carbons (Fsp3) is 0.118. The Morgan fingerprint density at radius 2 is 1.83 bits per heavy atom. The van der Waals surface area contributed by atoms with Gasteiger partial charge in [0.15, 0.2) is 5.82 Å². The quantitative estimate of drug-likeness (QED) is 0.682. The first-order valence-electron chi connectivity index (χ1n) is 7.32. The van der Waals surface area contributed by atoms with Crippen LogP contribution in [0.3, 0.4) is 0 Å². The molecule has 5 nitrogen and oxygen atoms in total. The van der Waals surface area contributed by atoms with E-state index in [-0.39, 0.29) is 0 Å². The summed E-state index contributed by atoms with van der Waals surface area (Å²) < 4.78 is 0. The summed E-state index contributed by atoms with van der Waals surface area (Å²) in [4.78, 5) is 4.37. The van der Waals surface area contributed by atoms with E-state index in [0.717, 1.165) is 5.56 Å². The maximum Gasteiger partial charge on any atom is 0.249 e. The Labute approximate surface area is 150 Å². The molecule has 0 radical (unpaired) electrons. The van der Waals surface area contributed by atoms with E-state index < -0.39 is 0 Å². The van der Waals surface area contributed by atoms with E-state index in [0.29, 0.717) is 34.0 Å². The zero-order valence-electron chi connectivity index (χ0n) is 12.9. The van der Waals surface area contributed by atoms with Crippen molar-refractivity contribution in [3.8, 4) is 0 Å². The lowest BCUT2D eigenvalue weighted by atomic mass is 10.1. The van der Waals surface area contributed by atoms with Crippen molar-refractivity contribution in [3.05, 3.63) is 69.8 Å². The molecule has 122 valence electrons. The molecule has 0 unspecified atom stereocenters. The SMILES string of the molecule is Cc1ccc(CNc2cnnc(Nc3cccc(Cl)c3Cl)n2)cc1. The summed E-state index contributed by atoms with van der Waals surface area (Å²) >= 11 is 12.2.